The van der Waals surface area contributed by atoms with Crippen molar-refractivity contribution in [1.82, 2.24) is 14.9 Å². The van der Waals surface area contributed by atoms with E-state index in [0.29, 0.717) is 11.9 Å². The highest BCUT2D eigenvalue weighted by Gasteiger charge is 2.21. The van der Waals surface area contributed by atoms with E-state index in [2.05, 4.69) is 40.8 Å². The summed E-state index contributed by atoms with van der Waals surface area (Å²) in [5, 5.41) is 0. The Hall–Kier alpha value is -1.36. The predicted molar refractivity (Wildman–Crippen MR) is 74.7 cm³/mol. The number of aryl methyl sites for hydroxylation is 1. The van der Waals surface area contributed by atoms with E-state index in [1.54, 1.807) is 0 Å². The van der Waals surface area contributed by atoms with Crippen molar-refractivity contribution in [2.24, 2.45) is 0 Å². The lowest BCUT2D eigenvalue weighted by atomic mass is 10.0. The van der Waals surface area contributed by atoms with E-state index in [9.17, 15) is 0 Å². The van der Waals surface area contributed by atoms with Crippen LogP contribution in [-0.4, -0.2) is 48.1 Å². The van der Waals surface area contributed by atoms with Crippen LogP contribution in [0.5, 0.6) is 0 Å². The molecular formula is C13H23N5. The zero-order chi connectivity index (χ0) is 13.1. The molecule has 2 heterocycles. The van der Waals surface area contributed by atoms with E-state index < -0.39 is 0 Å². The fourth-order valence-corrected chi connectivity index (χ4v) is 2.43. The van der Waals surface area contributed by atoms with Gasteiger partial charge in [-0.3, -0.25) is 0 Å². The van der Waals surface area contributed by atoms with Crippen molar-refractivity contribution in [3.8, 4) is 0 Å². The van der Waals surface area contributed by atoms with Gasteiger partial charge in [0.2, 0.25) is 0 Å². The van der Waals surface area contributed by atoms with Crippen molar-refractivity contribution >= 4 is 11.6 Å². The first kappa shape index (κ1) is 13.1. The largest absolute Gasteiger partial charge is 0.384 e. The standard InChI is InChI=1S/C13H23N5/c1-4-12-15-11(14)9-13(16-12)18-7-5-10(6-8-18)17(2)3/h9-10H,4-8H2,1-3H3,(H2,14,15,16). The number of rotatable bonds is 3. The fraction of sp³-hybridized carbons (Fsp3) is 0.692. The van der Waals surface area contributed by atoms with Gasteiger partial charge in [0.15, 0.2) is 0 Å². The molecule has 1 aromatic rings. The molecule has 1 fully saturated rings. The Morgan fingerprint density at radius 3 is 2.56 bits per heavy atom. The second-order valence-electron chi connectivity index (χ2n) is 5.10. The van der Waals surface area contributed by atoms with Crippen molar-refractivity contribution in [3.63, 3.8) is 0 Å². The molecule has 0 bridgehead atoms. The minimum atomic E-state index is 0.576. The summed E-state index contributed by atoms with van der Waals surface area (Å²) in [6, 6.07) is 2.57. The summed E-state index contributed by atoms with van der Waals surface area (Å²) >= 11 is 0. The molecule has 0 aromatic carbocycles. The van der Waals surface area contributed by atoms with Crippen LogP contribution in [0, 0.1) is 0 Å². The van der Waals surface area contributed by atoms with Gasteiger partial charge in [-0.2, -0.15) is 0 Å². The number of nitrogen functional groups attached to an aromatic ring is 1. The zero-order valence-corrected chi connectivity index (χ0v) is 11.6. The third-order valence-corrected chi connectivity index (χ3v) is 3.61. The van der Waals surface area contributed by atoms with Crippen LogP contribution >= 0.6 is 0 Å². The molecule has 0 saturated carbocycles. The zero-order valence-electron chi connectivity index (χ0n) is 11.6. The van der Waals surface area contributed by atoms with Gasteiger partial charge < -0.3 is 15.5 Å². The second-order valence-corrected chi connectivity index (χ2v) is 5.10. The molecule has 2 rings (SSSR count). The van der Waals surface area contributed by atoms with Crippen LogP contribution in [0.2, 0.25) is 0 Å². The average molecular weight is 249 g/mol. The van der Waals surface area contributed by atoms with Crippen LogP contribution in [0.15, 0.2) is 6.07 Å². The van der Waals surface area contributed by atoms with Gasteiger partial charge >= 0.3 is 0 Å². The van der Waals surface area contributed by atoms with Gasteiger partial charge in [-0.15, -0.1) is 0 Å². The van der Waals surface area contributed by atoms with Crippen molar-refractivity contribution < 1.29 is 0 Å². The van der Waals surface area contributed by atoms with Gasteiger partial charge in [0.1, 0.15) is 17.5 Å². The third-order valence-electron chi connectivity index (χ3n) is 3.61. The smallest absolute Gasteiger partial charge is 0.134 e. The molecule has 0 atom stereocenters. The first-order chi connectivity index (χ1) is 8.60. The maximum atomic E-state index is 5.83. The number of hydrogen-bond acceptors (Lipinski definition) is 5. The van der Waals surface area contributed by atoms with Crippen LogP contribution in [0.4, 0.5) is 11.6 Å². The number of anilines is 2. The van der Waals surface area contributed by atoms with Crippen molar-refractivity contribution in [1.29, 1.82) is 0 Å². The van der Waals surface area contributed by atoms with Gasteiger partial charge in [0.25, 0.3) is 0 Å². The average Bonchev–Trinajstić information content (AvgIpc) is 2.38. The van der Waals surface area contributed by atoms with E-state index in [1.807, 2.05) is 6.07 Å². The number of nitrogens with two attached hydrogens (primary N) is 1. The number of nitrogens with zero attached hydrogens (tertiary/aromatic N) is 4. The molecule has 1 aliphatic rings. The maximum Gasteiger partial charge on any atom is 0.134 e. The van der Waals surface area contributed by atoms with Gasteiger partial charge in [0.05, 0.1) is 0 Å². The Morgan fingerprint density at radius 1 is 1.33 bits per heavy atom. The van der Waals surface area contributed by atoms with E-state index >= 15 is 0 Å². The molecule has 5 heteroatoms. The first-order valence-corrected chi connectivity index (χ1v) is 6.65. The van der Waals surface area contributed by atoms with Gasteiger partial charge in [0, 0.05) is 31.6 Å². The molecule has 1 aromatic heterocycles. The lowest BCUT2D eigenvalue weighted by molar-refractivity contribution is 0.249. The molecule has 0 radical (unpaired) electrons. The molecule has 0 aliphatic carbocycles. The number of hydrogen-bond donors (Lipinski definition) is 1. The van der Waals surface area contributed by atoms with Crippen molar-refractivity contribution in [3.05, 3.63) is 11.9 Å². The minimum absolute atomic E-state index is 0.576. The van der Waals surface area contributed by atoms with Crippen LogP contribution in [0.1, 0.15) is 25.6 Å². The van der Waals surface area contributed by atoms with Crippen molar-refractivity contribution in [2.75, 3.05) is 37.8 Å². The quantitative estimate of drug-likeness (QED) is 0.871. The van der Waals surface area contributed by atoms with E-state index in [1.165, 1.54) is 12.8 Å². The predicted octanol–water partition coefficient (Wildman–Crippen LogP) is 1.15. The highest BCUT2D eigenvalue weighted by molar-refractivity contribution is 5.47. The van der Waals surface area contributed by atoms with E-state index in [0.717, 1.165) is 31.2 Å². The Morgan fingerprint density at radius 2 is 2.00 bits per heavy atom. The Labute approximate surface area is 109 Å². The summed E-state index contributed by atoms with van der Waals surface area (Å²) in [5.74, 6) is 2.39. The summed E-state index contributed by atoms with van der Waals surface area (Å²) in [4.78, 5) is 13.4. The third kappa shape index (κ3) is 2.90. The van der Waals surface area contributed by atoms with Crippen molar-refractivity contribution in [2.45, 2.75) is 32.2 Å². The molecule has 0 spiro atoms. The lowest BCUT2D eigenvalue weighted by Gasteiger charge is -2.35. The Bertz CT molecular complexity index is 396. The monoisotopic (exact) mass is 249 g/mol. The van der Waals surface area contributed by atoms with Gasteiger partial charge in [-0.1, -0.05) is 6.92 Å². The number of aromatic nitrogens is 2. The minimum Gasteiger partial charge on any atom is -0.384 e. The molecule has 0 unspecified atom stereocenters. The van der Waals surface area contributed by atoms with Crippen LogP contribution in [0.25, 0.3) is 0 Å². The molecule has 0 amide bonds. The molecule has 1 aliphatic heterocycles. The Kier molecular flexibility index (Phi) is 4.01. The molecule has 2 N–H and O–H groups in total. The summed E-state index contributed by atoms with van der Waals surface area (Å²) < 4.78 is 0. The normalized spacial score (nSPS) is 17.4. The van der Waals surface area contributed by atoms with Gasteiger partial charge in [-0.05, 0) is 26.9 Å². The van der Waals surface area contributed by atoms with Crippen LogP contribution in [0.3, 0.4) is 0 Å². The maximum absolute atomic E-state index is 5.83. The summed E-state index contributed by atoms with van der Waals surface area (Å²) in [5.41, 5.74) is 5.83. The summed E-state index contributed by atoms with van der Waals surface area (Å²) in [6.45, 7) is 4.14. The summed E-state index contributed by atoms with van der Waals surface area (Å²) in [6.07, 6.45) is 3.18. The molecule has 18 heavy (non-hydrogen) atoms. The lowest BCUT2D eigenvalue weighted by Crippen LogP contribution is -2.42. The van der Waals surface area contributed by atoms with Gasteiger partial charge in [-0.25, -0.2) is 9.97 Å². The van der Waals surface area contributed by atoms with Crippen LogP contribution < -0.4 is 10.6 Å². The summed E-state index contributed by atoms with van der Waals surface area (Å²) in [7, 11) is 4.30. The first-order valence-electron chi connectivity index (χ1n) is 6.65. The highest BCUT2D eigenvalue weighted by Crippen LogP contribution is 2.21. The van der Waals surface area contributed by atoms with E-state index in [4.69, 9.17) is 5.73 Å². The SMILES string of the molecule is CCc1nc(N)cc(N2CCC(N(C)C)CC2)n1. The highest BCUT2D eigenvalue weighted by atomic mass is 15.2. The fourth-order valence-electron chi connectivity index (χ4n) is 2.43. The topological polar surface area (TPSA) is 58.3 Å². The second kappa shape index (κ2) is 5.52. The molecule has 5 nitrogen and oxygen atoms in total. The molecule has 100 valence electrons. The molecular weight excluding hydrogens is 226 g/mol. The van der Waals surface area contributed by atoms with E-state index in [-0.39, 0.29) is 0 Å². The molecule has 1 saturated heterocycles. The Balaban J connectivity index is 2.07. The number of piperidine rings is 1. The van der Waals surface area contributed by atoms with Crippen LogP contribution in [-0.2, 0) is 6.42 Å².